The van der Waals surface area contributed by atoms with Crippen molar-refractivity contribution in [3.8, 4) is 0 Å². The van der Waals surface area contributed by atoms with Crippen LogP contribution in [0.5, 0.6) is 0 Å². The molecule has 1 heterocycles. The number of aryl methyl sites for hydroxylation is 2. The first-order chi connectivity index (χ1) is 8.49. The van der Waals surface area contributed by atoms with Gasteiger partial charge in [-0.3, -0.25) is 0 Å². The van der Waals surface area contributed by atoms with E-state index in [0.717, 1.165) is 5.56 Å². The maximum absolute atomic E-state index is 13.7. The predicted molar refractivity (Wildman–Crippen MR) is 73.4 cm³/mol. The Kier molecular flexibility index (Phi) is 3.41. The van der Waals surface area contributed by atoms with E-state index in [4.69, 9.17) is 0 Å². The molecule has 2 aromatic rings. The van der Waals surface area contributed by atoms with Crippen molar-refractivity contribution in [1.82, 2.24) is 4.57 Å². The van der Waals surface area contributed by atoms with E-state index < -0.39 is 0 Å². The van der Waals surface area contributed by atoms with Gasteiger partial charge in [-0.15, -0.1) is 0 Å². The van der Waals surface area contributed by atoms with Crippen LogP contribution in [0.2, 0.25) is 0 Å². The molecule has 3 heteroatoms. The average molecular weight is 246 g/mol. The monoisotopic (exact) mass is 246 g/mol. The molecule has 0 radical (unpaired) electrons. The zero-order valence-corrected chi connectivity index (χ0v) is 11.3. The van der Waals surface area contributed by atoms with Crippen molar-refractivity contribution in [2.24, 2.45) is 7.05 Å². The molecular formula is C15H19FN2. The Morgan fingerprint density at radius 1 is 1.17 bits per heavy atom. The summed E-state index contributed by atoms with van der Waals surface area (Å²) in [6.45, 7) is 6.68. The lowest BCUT2D eigenvalue weighted by molar-refractivity contribution is 0.629. The number of aromatic nitrogens is 1. The molecular weight excluding hydrogens is 227 g/mol. The van der Waals surface area contributed by atoms with Gasteiger partial charge < -0.3 is 9.88 Å². The fraction of sp³-hybridized carbons (Fsp3) is 0.333. The highest BCUT2D eigenvalue weighted by molar-refractivity contribution is 5.47. The number of benzene rings is 1. The highest BCUT2D eigenvalue weighted by Crippen LogP contribution is 2.18. The van der Waals surface area contributed by atoms with Crippen molar-refractivity contribution in [1.29, 1.82) is 0 Å². The lowest BCUT2D eigenvalue weighted by atomic mass is 10.2. The molecule has 2 rings (SSSR count). The molecule has 0 unspecified atom stereocenters. The summed E-state index contributed by atoms with van der Waals surface area (Å²) in [7, 11) is 2.04. The van der Waals surface area contributed by atoms with E-state index in [1.807, 2.05) is 20.0 Å². The zero-order valence-electron chi connectivity index (χ0n) is 11.3. The summed E-state index contributed by atoms with van der Waals surface area (Å²) in [5.41, 5.74) is 5.13. The Morgan fingerprint density at radius 3 is 2.44 bits per heavy atom. The van der Waals surface area contributed by atoms with Crippen molar-refractivity contribution < 1.29 is 4.39 Å². The number of hydrogen-bond donors (Lipinski definition) is 1. The molecule has 0 aliphatic rings. The van der Waals surface area contributed by atoms with E-state index in [1.165, 1.54) is 17.0 Å². The Bertz CT molecular complexity index is 570. The quantitative estimate of drug-likeness (QED) is 0.873. The first-order valence-corrected chi connectivity index (χ1v) is 6.11. The topological polar surface area (TPSA) is 17.0 Å². The largest absolute Gasteiger partial charge is 0.379 e. The Balaban J connectivity index is 2.14. The second-order valence-electron chi connectivity index (χ2n) is 4.79. The van der Waals surface area contributed by atoms with Crippen LogP contribution in [0.3, 0.4) is 0 Å². The van der Waals surface area contributed by atoms with E-state index in [2.05, 4.69) is 29.8 Å². The van der Waals surface area contributed by atoms with Gasteiger partial charge >= 0.3 is 0 Å². The molecule has 0 saturated carbocycles. The fourth-order valence-corrected chi connectivity index (χ4v) is 2.07. The molecule has 0 spiro atoms. The number of rotatable bonds is 3. The molecule has 0 aliphatic heterocycles. The SMILES string of the molecule is Cc1ccc(NCc2cc(C)n(C)c2C)c(F)c1. The van der Waals surface area contributed by atoms with Gasteiger partial charge in [-0.25, -0.2) is 4.39 Å². The van der Waals surface area contributed by atoms with Crippen molar-refractivity contribution >= 4 is 5.69 Å². The number of anilines is 1. The van der Waals surface area contributed by atoms with Gasteiger partial charge in [0.15, 0.2) is 0 Å². The summed E-state index contributed by atoms with van der Waals surface area (Å²) in [4.78, 5) is 0. The van der Waals surface area contributed by atoms with Crippen LogP contribution >= 0.6 is 0 Å². The predicted octanol–water partition coefficient (Wildman–Crippen LogP) is 3.70. The highest BCUT2D eigenvalue weighted by Gasteiger charge is 2.07. The smallest absolute Gasteiger partial charge is 0.146 e. The first kappa shape index (κ1) is 12.7. The maximum atomic E-state index is 13.7. The Morgan fingerprint density at radius 2 is 1.89 bits per heavy atom. The minimum absolute atomic E-state index is 0.194. The van der Waals surface area contributed by atoms with Gasteiger partial charge in [0.2, 0.25) is 0 Å². The van der Waals surface area contributed by atoms with Gasteiger partial charge in [-0.1, -0.05) is 6.07 Å². The van der Waals surface area contributed by atoms with Crippen molar-refractivity contribution in [3.63, 3.8) is 0 Å². The van der Waals surface area contributed by atoms with Crippen molar-refractivity contribution in [3.05, 3.63) is 52.6 Å². The third-order valence-corrected chi connectivity index (χ3v) is 3.47. The zero-order chi connectivity index (χ0) is 13.3. The van der Waals surface area contributed by atoms with Gasteiger partial charge in [-0.05, 0) is 50.1 Å². The molecule has 0 amide bonds. The van der Waals surface area contributed by atoms with Crippen LogP contribution in [0, 0.1) is 26.6 Å². The molecule has 0 aliphatic carbocycles. The minimum Gasteiger partial charge on any atom is -0.379 e. The van der Waals surface area contributed by atoms with Gasteiger partial charge in [0, 0.05) is 25.0 Å². The molecule has 18 heavy (non-hydrogen) atoms. The van der Waals surface area contributed by atoms with Crippen LogP contribution in [0.25, 0.3) is 0 Å². The molecule has 96 valence electrons. The number of nitrogens with zero attached hydrogens (tertiary/aromatic N) is 1. The van der Waals surface area contributed by atoms with Crippen LogP contribution in [0.4, 0.5) is 10.1 Å². The highest BCUT2D eigenvalue weighted by atomic mass is 19.1. The summed E-state index contributed by atoms with van der Waals surface area (Å²) in [5.74, 6) is -0.194. The van der Waals surface area contributed by atoms with E-state index >= 15 is 0 Å². The molecule has 0 atom stereocenters. The second-order valence-corrected chi connectivity index (χ2v) is 4.79. The molecule has 0 saturated heterocycles. The van der Waals surface area contributed by atoms with Gasteiger partial charge in [0.05, 0.1) is 5.69 Å². The van der Waals surface area contributed by atoms with Gasteiger partial charge in [-0.2, -0.15) is 0 Å². The van der Waals surface area contributed by atoms with Crippen LogP contribution in [0.15, 0.2) is 24.3 Å². The lowest BCUT2D eigenvalue weighted by Crippen LogP contribution is -2.03. The summed E-state index contributed by atoms with van der Waals surface area (Å²) < 4.78 is 15.8. The Labute approximate surface area is 107 Å². The summed E-state index contributed by atoms with van der Waals surface area (Å²) in [6.07, 6.45) is 0. The third-order valence-electron chi connectivity index (χ3n) is 3.47. The lowest BCUT2D eigenvalue weighted by Gasteiger charge is -2.08. The molecule has 0 bridgehead atoms. The standard InChI is InChI=1S/C15H19FN2/c1-10-5-6-15(14(16)7-10)17-9-13-8-11(2)18(4)12(13)3/h5-8,17H,9H2,1-4H3. The van der Waals surface area contributed by atoms with E-state index in [9.17, 15) is 4.39 Å². The molecule has 0 fully saturated rings. The third kappa shape index (κ3) is 2.40. The minimum atomic E-state index is -0.194. The Hall–Kier alpha value is -1.77. The average Bonchev–Trinajstić information content (AvgIpc) is 2.56. The van der Waals surface area contributed by atoms with Crippen molar-refractivity contribution in [2.75, 3.05) is 5.32 Å². The normalized spacial score (nSPS) is 10.7. The van der Waals surface area contributed by atoms with Gasteiger partial charge in [0.1, 0.15) is 5.82 Å². The molecule has 1 aromatic carbocycles. The van der Waals surface area contributed by atoms with Crippen LogP contribution < -0.4 is 5.32 Å². The maximum Gasteiger partial charge on any atom is 0.146 e. The van der Waals surface area contributed by atoms with E-state index in [-0.39, 0.29) is 5.82 Å². The van der Waals surface area contributed by atoms with Crippen molar-refractivity contribution in [2.45, 2.75) is 27.3 Å². The summed E-state index contributed by atoms with van der Waals surface area (Å²) >= 11 is 0. The van der Waals surface area contributed by atoms with Gasteiger partial charge in [0.25, 0.3) is 0 Å². The molecule has 2 nitrogen and oxygen atoms in total. The molecule has 1 N–H and O–H groups in total. The second kappa shape index (κ2) is 4.84. The summed E-state index contributed by atoms with van der Waals surface area (Å²) in [6, 6.07) is 7.38. The fourth-order valence-electron chi connectivity index (χ4n) is 2.07. The van der Waals surface area contributed by atoms with Crippen LogP contribution in [-0.4, -0.2) is 4.57 Å². The first-order valence-electron chi connectivity index (χ1n) is 6.11. The summed E-state index contributed by atoms with van der Waals surface area (Å²) in [5, 5.41) is 3.15. The number of hydrogen-bond acceptors (Lipinski definition) is 1. The number of halogens is 1. The van der Waals surface area contributed by atoms with E-state index in [1.54, 1.807) is 12.1 Å². The number of nitrogens with one attached hydrogen (secondary N) is 1. The molecule has 1 aromatic heterocycles. The van der Waals surface area contributed by atoms with Crippen LogP contribution in [-0.2, 0) is 13.6 Å². The van der Waals surface area contributed by atoms with E-state index in [0.29, 0.717) is 12.2 Å². The van der Waals surface area contributed by atoms with Crippen LogP contribution in [0.1, 0.15) is 22.5 Å².